The number of carbonyl (C=O) groups excluding carboxylic acids is 1. The summed E-state index contributed by atoms with van der Waals surface area (Å²) in [5.41, 5.74) is 0.992. The maximum Gasteiger partial charge on any atom is 0.337 e. The summed E-state index contributed by atoms with van der Waals surface area (Å²) in [6.07, 6.45) is 3.83. The lowest BCUT2D eigenvalue weighted by atomic mass is 9.99. The summed E-state index contributed by atoms with van der Waals surface area (Å²) in [6.45, 7) is 2.74. The number of carbonyl (C=O) groups is 1. The zero-order valence-corrected chi connectivity index (χ0v) is 14.1. The minimum atomic E-state index is -0.569. The van der Waals surface area contributed by atoms with Crippen molar-refractivity contribution in [2.75, 3.05) is 26.8 Å². The Hall–Kier alpha value is -2.47. The maximum atomic E-state index is 14.2. The van der Waals surface area contributed by atoms with Crippen molar-refractivity contribution in [1.82, 2.24) is 10.3 Å². The van der Waals surface area contributed by atoms with Crippen LogP contribution in [0.25, 0.3) is 11.3 Å². The topological polar surface area (TPSA) is 60.5 Å². The average molecular weight is 344 g/mol. The molecule has 0 radical (unpaired) electrons. The molecule has 1 aliphatic rings. The zero-order valence-electron chi connectivity index (χ0n) is 14.1. The number of nitrogens with one attached hydrogen (secondary N) is 1. The van der Waals surface area contributed by atoms with Gasteiger partial charge in [0.15, 0.2) is 0 Å². The van der Waals surface area contributed by atoms with Crippen LogP contribution in [0.5, 0.6) is 5.75 Å². The second kappa shape index (κ2) is 8.07. The van der Waals surface area contributed by atoms with Crippen molar-refractivity contribution in [2.45, 2.75) is 12.8 Å². The van der Waals surface area contributed by atoms with Gasteiger partial charge < -0.3 is 14.8 Å². The largest absolute Gasteiger partial charge is 0.492 e. The number of esters is 1. The molecule has 1 N–H and O–H groups in total. The van der Waals surface area contributed by atoms with E-state index in [1.807, 2.05) is 0 Å². The SMILES string of the molecule is COC(=O)c1ccc(-c2ccc(OCC3CCNCC3)cn2)c(F)c1. The lowest BCUT2D eigenvalue weighted by molar-refractivity contribution is 0.0600. The van der Waals surface area contributed by atoms with E-state index in [9.17, 15) is 9.18 Å². The Morgan fingerprint density at radius 1 is 1.28 bits per heavy atom. The zero-order chi connectivity index (χ0) is 17.6. The van der Waals surface area contributed by atoms with Crippen LogP contribution in [0.15, 0.2) is 36.5 Å². The molecule has 0 spiro atoms. The van der Waals surface area contributed by atoms with E-state index in [-0.39, 0.29) is 5.56 Å². The van der Waals surface area contributed by atoms with Gasteiger partial charge in [0.1, 0.15) is 11.6 Å². The smallest absolute Gasteiger partial charge is 0.337 e. The molecule has 1 saturated heterocycles. The summed E-state index contributed by atoms with van der Waals surface area (Å²) in [6, 6.07) is 7.71. The Morgan fingerprint density at radius 2 is 2.08 bits per heavy atom. The van der Waals surface area contributed by atoms with E-state index in [0.29, 0.717) is 29.5 Å². The van der Waals surface area contributed by atoms with Crippen molar-refractivity contribution in [2.24, 2.45) is 5.92 Å². The number of piperidine rings is 1. The number of aromatic nitrogens is 1. The van der Waals surface area contributed by atoms with Gasteiger partial charge in [0.2, 0.25) is 0 Å². The first kappa shape index (κ1) is 17.4. The first-order valence-electron chi connectivity index (χ1n) is 8.35. The summed E-state index contributed by atoms with van der Waals surface area (Å²) >= 11 is 0. The Morgan fingerprint density at radius 3 is 2.72 bits per heavy atom. The fourth-order valence-corrected chi connectivity index (χ4v) is 2.86. The first-order chi connectivity index (χ1) is 12.2. The van der Waals surface area contributed by atoms with Crippen LogP contribution in [0.3, 0.4) is 0 Å². The maximum absolute atomic E-state index is 14.2. The number of rotatable bonds is 5. The third-order valence-electron chi connectivity index (χ3n) is 4.35. The van der Waals surface area contributed by atoms with Gasteiger partial charge >= 0.3 is 5.97 Å². The van der Waals surface area contributed by atoms with Gasteiger partial charge in [-0.05, 0) is 62.2 Å². The van der Waals surface area contributed by atoms with Gasteiger partial charge in [-0.25, -0.2) is 9.18 Å². The summed E-state index contributed by atoms with van der Waals surface area (Å²) in [5.74, 6) is 0.150. The molecule has 0 amide bonds. The van der Waals surface area contributed by atoms with Crippen molar-refractivity contribution in [3.8, 4) is 17.0 Å². The highest BCUT2D eigenvalue weighted by Crippen LogP contribution is 2.24. The van der Waals surface area contributed by atoms with E-state index in [1.165, 1.54) is 19.2 Å². The van der Waals surface area contributed by atoms with Crippen LogP contribution < -0.4 is 10.1 Å². The van der Waals surface area contributed by atoms with Gasteiger partial charge in [-0.3, -0.25) is 4.98 Å². The number of pyridine rings is 1. The molecule has 2 aromatic rings. The number of hydrogen-bond donors (Lipinski definition) is 1. The van der Waals surface area contributed by atoms with Crippen LogP contribution in [0.2, 0.25) is 0 Å². The van der Waals surface area contributed by atoms with E-state index in [4.69, 9.17) is 4.74 Å². The molecular weight excluding hydrogens is 323 g/mol. The second-order valence-electron chi connectivity index (χ2n) is 6.07. The molecule has 0 saturated carbocycles. The number of hydrogen-bond acceptors (Lipinski definition) is 5. The number of halogens is 1. The molecule has 1 aromatic heterocycles. The molecule has 1 fully saturated rings. The molecule has 1 aromatic carbocycles. The highest BCUT2D eigenvalue weighted by molar-refractivity contribution is 5.90. The van der Waals surface area contributed by atoms with Crippen LogP contribution in [-0.4, -0.2) is 37.8 Å². The predicted octanol–water partition coefficient (Wildman–Crippen LogP) is 3.05. The molecule has 132 valence electrons. The molecule has 0 aliphatic carbocycles. The van der Waals surface area contributed by atoms with Crippen LogP contribution in [-0.2, 0) is 4.74 Å². The van der Waals surface area contributed by atoms with Gasteiger partial charge in [0.25, 0.3) is 0 Å². The average Bonchev–Trinajstić information content (AvgIpc) is 2.67. The normalized spacial score (nSPS) is 15.0. The molecule has 3 rings (SSSR count). The van der Waals surface area contributed by atoms with Crippen LogP contribution >= 0.6 is 0 Å². The van der Waals surface area contributed by atoms with Crippen LogP contribution in [0, 0.1) is 11.7 Å². The molecule has 2 heterocycles. The summed E-state index contributed by atoms with van der Waals surface area (Å²) in [4.78, 5) is 15.7. The van der Waals surface area contributed by atoms with Crippen molar-refractivity contribution in [3.63, 3.8) is 0 Å². The van der Waals surface area contributed by atoms with Gasteiger partial charge in [0, 0.05) is 5.56 Å². The Balaban J connectivity index is 1.66. The summed E-state index contributed by atoms with van der Waals surface area (Å²) in [5, 5.41) is 3.33. The highest BCUT2D eigenvalue weighted by atomic mass is 19.1. The second-order valence-corrected chi connectivity index (χ2v) is 6.07. The third-order valence-corrected chi connectivity index (χ3v) is 4.35. The molecule has 6 heteroatoms. The number of methoxy groups -OCH3 is 1. The van der Waals surface area contributed by atoms with Gasteiger partial charge in [-0.15, -0.1) is 0 Å². The first-order valence-corrected chi connectivity index (χ1v) is 8.35. The molecule has 5 nitrogen and oxygen atoms in total. The van der Waals surface area contributed by atoms with Crippen molar-refractivity contribution >= 4 is 5.97 Å². The lowest BCUT2D eigenvalue weighted by Gasteiger charge is -2.22. The van der Waals surface area contributed by atoms with Crippen molar-refractivity contribution < 1.29 is 18.7 Å². The molecule has 0 atom stereocenters. The van der Waals surface area contributed by atoms with E-state index < -0.39 is 11.8 Å². The minimum Gasteiger partial charge on any atom is -0.492 e. The standard InChI is InChI=1S/C19H21FN2O3/c1-24-19(23)14-2-4-16(17(20)10-14)18-5-3-15(11-22-18)25-12-13-6-8-21-9-7-13/h2-5,10-11,13,21H,6-9,12H2,1H3. The fourth-order valence-electron chi connectivity index (χ4n) is 2.86. The van der Waals surface area contributed by atoms with Gasteiger partial charge in [0.05, 0.1) is 31.2 Å². The van der Waals surface area contributed by atoms with E-state index in [0.717, 1.165) is 32.0 Å². The predicted molar refractivity (Wildman–Crippen MR) is 92.1 cm³/mol. The molecule has 1 aliphatic heterocycles. The Labute approximate surface area is 146 Å². The van der Waals surface area contributed by atoms with E-state index >= 15 is 0 Å². The van der Waals surface area contributed by atoms with Gasteiger partial charge in [-0.2, -0.15) is 0 Å². The third kappa shape index (κ3) is 4.33. The fraction of sp³-hybridized carbons (Fsp3) is 0.368. The van der Waals surface area contributed by atoms with E-state index in [2.05, 4.69) is 15.0 Å². The number of benzene rings is 1. The quantitative estimate of drug-likeness (QED) is 0.845. The van der Waals surface area contributed by atoms with Crippen molar-refractivity contribution in [1.29, 1.82) is 0 Å². The monoisotopic (exact) mass is 344 g/mol. The Kier molecular flexibility index (Phi) is 5.60. The lowest BCUT2D eigenvalue weighted by Crippen LogP contribution is -2.30. The summed E-state index contributed by atoms with van der Waals surface area (Å²) < 4.78 is 24.6. The van der Waals surface area contributed by atoms with E-state index in [1.54, 1.807) is 18.3 Å². The highest BCUT2D eigenvalue weighted by Gasteiger charge is 2.14. The minimum absolute atomic E-state index is 0.172. The van der Waals surface area contributed by atoms with Gasteiger partial charge in [-0.1, -0.05) is 0 Å². The Bertz CT molecular complexity index is 728. The van der Waals surface area contributed by atoms with Crippen LogP contribution in [0.4, 0.5) is 4.39 Å². The van der Waals surface area contributed by atoms with Crippen molar-refractivity contribution in [3.05, 3.63) is 47.9 Å². The number of nitrogens with zero attached hydrogens (tertiary/aromatic N) is 1. The summed E-state index contributed by atoms with van der Waals surface area (Å²) in [7, 11) is 1.26. The molecule has 0 unspecified atom stereocenters. The molecular formula is C19H21FN2O3. The number of ether oxygens (including phenoxy) is 2. The molecule has 0 bridgehead atoms. The van der Waals surface area contributed by atoms with Crippen LogP contribution in [0.1, 0.15) is 23.2 Å². The molecule has 25 heavy (non-hydrogen) atoms.